The second kappa shape index (κ2) is 9.24. The van der Waals surface area contributed by atoms with Crippen molar-refractivity contribution in [1.82, 2.24) is 5.32 Å². The maximum absolute atomic E-state index is 14.0. The summed E-state index contributed by atoms with van der Waals surface area (Å²) < 4.78 is 31.7. The van der Waals surface area contributed by atoms with Gasteiger partial charge in [-0.05, 0) is 62.8 Å². The van der Waals surface area contributed by atoms with Crippen molar-refractivity contribution >= 4 is 19.3 Å². The Morgan fingerprint density at radius 1 is 1.06 bits per heavy atom. The number of halogens is 1. The SMILES string of the molecule is Cc1c(F)cccc1C=C(CNC(=O)OCc1ccccc1)B1OC(C)(C)C(C)(C)O1. The van der Waals surface area contributed by atoms with Gasteiger partial charge in [0, 0.05) is 6.54 Å². The predicted octanol–water partition coefficient (Wildman–Crippen LogP) is 5.08. The van der Waals surface area contributed by atoms with Crippen LogP contribution in [0, 0.1) is 12.7 Å². The van der Waals surface area contributed by atoms with Crippen LogP contribution in [0.2, 0.25) is 0 Å². The first-order valence-electron chi connectivity index (χ1n) is 10.3. The van der Waals surface area contributed by atoms with Gasteiger partial charge in [0.15, 0.2) is 0 Å². The van der Waals surface area contributed by atoms with Crippen LogP contribution in [0.25, 0.3) is 6.08 Å². The molecule has 0 atom stereocenters. The third-order valence-electron chi connectivity index (χ3n) is 5.86. The monoisotopic (exact) mass is 425 g/mol. The molecule has 0 aromatic heterocycles. The molecule has 7 heteroatoms. The number of carbonyl (C=O) groups excluding carboxylic acids is 1. The van der Waals surface area contributed by atoms with Gasteiger partial charge in [-0.2, -0.15) is 0 Å². The molecule has 0 unspecified atom stereocenters. The van der Waals surface area contributed by atoms with E-state index in [0.29, 0.717) is 16.6 Å². The number of hydrogen-bond acceptors (Lipinski definition) is 4. The fourth-order valence-electron chi connectivity index (χ4n) is 3.13. The standard InChI is InChI=1S/C24H29BFNO4/c1-17-19(12-9-13-21(17)26)14-20(25-30-23(2,3)24(4,5)31-25)15-27-22(28)29-16-18-10-7-6-8-11-18/h6-14H,15-16H2,1-5H3,(H,27,28). The number of benzene rings is 2. The van der Waals surface area contributed by atoms with Gasteiger partial charge in [0.25, 0.3) is 0 Å². The van der Waals surface area contributed by atoms with Gasteiger partial charge in [-0.3, -0.25) is 0 Å². The van der Waals surface area contributed by atoms with Crippen LogP contribution in [-0.2, 0) is 20.7 Å². The summed E-state index contributed by atoms with van der Waals surface area (Å²) in [5.74, 6) is -0.294. The summed E-state index contributed by atoms with van der Waals surface area (Å²) in [6, 6.07) is 14.3. The molecular formula is C24H29BFNO4. The molecule has 1 fully saturated rings. The highest BCUT2D eigenvalue weighted by molar-refractivity contribution is 6.56. The topological polar surface area (TPSA) is 56.8 Å². The molecule has 0 aliphatic carbocycles. The summed E-state index contributed by atoms with van der Waals surface area (Å²) in [6.45, 7) is 9.86. The smallest absolute Gasteiger partial charge is 0.445 e. The Balaban J connectivity index is 1.75. The average Bonchev–Trinajstić information content (AvgIpc) is 2.94. The second-order valence-electron chi connectivity index (χ2n) is 8.68. The van der Waals surface area contributed by atoms with E-state index in [-0.39, 0.29) is 19.0 Å². The summed E-state index contributed by atoms with van der Waals surface area (Å²) in [7, 11) is -0.679. The van der Waals surface area contributed by atoms with E-state index in [1.165, 1.54) is 6.07 Å². The minimum absolute atomic E-state index is 0.139. The minimum atomic E-state index is -0.679. The van der Waals surface area contributed by atoms with E-state index in [4.69, 9.17) is 14.0 Å². The lowest BCUT2D eigenvalue weighted by atomic mass is 9.76. The average molecular weight is 425 g/mol. The lowest BCUT2D eigenvalue weighted by Crippen LogP contribution is -2.41. The minimum Gasteiger partial charge on any atom is -0.445 e. The van der Waals surface area contributed by atoms with Crippen LogP contribution in [0.5, 0.6) is 0 Å². The molecule has 0 bridgehead atoms. The summed E-state index contributed by atoms with van der Waals surface area (Å²) in [5, 5.41) is 2.76. The molecule has 1 heterocycles. The van der Waals surface area contributed by atoms with Crippen LogP contribution < -0.4 is 5.32 Å². The van der Waals surface area contributed by atoms with Gasteiger partial charge in [-0.15, -0.1) is 0 Å². The quantitative estimate of drug-likeness (QED) is 0.657. The van der Waals surface area contributed by atoms with Crippen molar-refractivity contribution in [3.05, 3.63) is 76.5 Å². The van der Waals surface area contributed by atoms with Crippen molar-refractivity contribution in [2.24, 2.45) is 0 Å². The van der Waals surface area contributed by atoms with Gasteiger partial charge in [0.2, 0.25) is 0 Å². The number of rotatable bonds is 6. The van der Waals surface area contributed by atoms with Crippen LogP contribution >= 0.6 is 0 Å². The Morgan fingerprint density at radius 3 is 2.35 bits per heavy atom. The maximum atomic E-state index is 14.0. The van der Waals surface area contributed by atoms with Crippen LogP contribution in [0.1, 0.15) is 44.4 Å². The zero-order valence-electron chi connectivity index (χ0n) is 18.7. The van der Waals surface area contributed by atoms with Crippen molar-refractivity contribution in [3.8, 4) is 0 Å². The Kier molecular flexibility index (Phi) is 6.87. The first kappa shape index (κ1) is 23.0. The van der Waals surface area contributed by atoms with Crippen LogP contribution in [0.3, 0.4) is 0 Å². The molecule has 164 valence electrons. The molecule has 0 radical (unpaired) electrons. The second-order valence-corrected chi connectivity index (χ2v) is 8.68. The van der Waals surface area contributed by atoms with Crippen molar-refractivity contribution in [1.29, 1.82) is 0 Å². The molecule has 1 N–H and O–H groups in total. The highest BCUT2D eigenvalue weighted by Gasteiger charge is 2.52. The molecule has 2 aromatic rings. The number of nitrogens with one attached hydrogen (secondary N) is 1. The first-order chi connectivity index (χ1) is 14.6. The number of amides is 1. The lowest BCUT2D eigenvalue weighted by molar-refractivity contribution is 0.00578. The van der Waals surface area contributed by atoms with Gasteiger partial charge in [-0.1, -0.05) is 48.5 Å². The molecule has 1 aliphatic rings. The molecule has 1 aliphatic heterocycles. The largest absolute Gasteiger partial charge is 0.492 e. The fourth-order valence-corrected chi connectivity index (χ4v) is 3.13. The molecule has 1 saturated heterocycles. The normalized spacial score (nSPS) is 17.5. The van der Waals surface area contributed by atoms with E-state index in [2.05, 4.69) is 5.32 Å². The highest BCUT2D eigenvalue weighted by Crippen LogP contribution is 2.38. The lowest BCUT2D eigenvalue weighted by Gasteiger charge is -2.32. The Labute approximate surface area is 183 Å². The van der Waals surface area contributed by atoms with Gasteiger partial charge >= 0.3 is 13.2 Å². The van der Waals surface area contributed by atoms with E-state index in [1.807, 2.05) is 64.1 Å². The highest BCUT2D eigenvalue weighted by atomic mass is 19.1. The van der Waals surface area contributed by atoms with Crippen molar-refractivity contribution in [2.75, 3.05) is 6.54 Å². The third kappa shape index (κ3) is 5.54. The molecular weight excluding hydrogens is 396 g/mol. The van der Waals surface area contributed by atoms with E-state index in [0.717, 1.165) is 5.56 Å². The van der Waals surface area contributed by atoms with Crippen LogP contribution in [-0.4, -0.2) is 31.0 Å². The molecule has 2 aromatic carbocycles. The number of alkyl carbamates (subject to hydrolysis) is 1. The van der Waals surface area contributed by atoms with E-state index >= 15 is 0 Å². The Bertz CT molecular complexity index is 943. The summed E-state index contributed by atoms with van der Waals surface area (Å²) in [5.41, 5.74) is 1.70. The summed E-state index contributed by atoms with van der Waals surface area (Å²) >= 11 is 0. The Morgan fingerprint density at radius 2 is 1.71 bits per heavy atom. The van der Waals surface area contributed by atoms with Crippen molar-refractivity contribution < 1.29 is 23.2 Å². The molecule has 3 rings (SSSR count). The fraction of sp³-hybridized carbons (Fsp3) is 0.375. The molecule has 1 amide bonds. The zero-order chi connectivity index (χ0) is 22.6. The number of hydrogen-bond donors (Lipinski definition) is 1. The van der Waals surface area contributed by atoms with E-state index in [9.17, 15) is 9.18 Å². The predicted molar refractivity (Wildman–Crippen MR) is 120 cm³/mol. The first-order valence-corrected chi connectivity index (χ1v) is 10.3. The number of ether oxygens (including phenoxy) is 1. The van der Waals surface area contributed by atoms with Crippen LogP contribution in [0.15, 0.2) is 54.0 Å². The van der Waals surface area contributed by atoms with E-state index in [1.54, 1.807) is 19.1 Å². The summed E-state index contributed by atoms with van der Waals surface area (Å²) in [6.07, 6.45) is 1.25. The van der Waals surface area contributed by atoms with Crippen LogP contribution in [0.4, 0.5) is 9.18 Å². The molecule has 0 saturated carbocycles. The van der Waals surface area contributed by atoms with Crippen molar-refractivity contribution in [2.45, 2.75) is 52.4 Å². The van der Waals surface area contributed by atoms with E-state index < -0.39 is 24.4 Å². The molecule has 0 spiro atoms. The molecule has 31 heavy (non-hydrogen) atoms. The zero-order valence-corrected chi connectivity index (χ0v) is 18.7. The summed E-state index contributed by atoms with van der Waals surface area (Å²) in [4.78, 5) is 12.3. The third-order valence-corrected chi connectivity index (χ3v) is 5.86. The van der Waals surface area contributed by atoms with Gasteiger partial charge in [0.1, 0.15) is 12.4 Å². The number of carbonyl (C=O) groups is 1. The van der Waals surface area contributed by atoms with Crippen molar-refractivity contribution in [3.63, 3.8) is 0 Å². The maximum Gasteiger partial charge on any atom is 0.492 e. The van der Waals surface area contributed by atoms with Gasteiger partial charge < -0.3 is 19.4 Å². The molecule has 5 nitrogen and oxygen atoms in total. The van der Waals surface area contributed by atoms with Gasteiger partial charge in [-0.25, -0.2) is 9.18 Å². The Hall–Kier alpha value is -2.64. The van der Waals surface area contributed by atoms with Gasteiger partial charge in [0.05, 0.1) is 11.2 Å².